The number of hydrogen-bond acceptors (Lipinski definition) is 3. The fourth-order valence-electron chi connectivity index (χ4n) is 1.72. The summed E-state index contributed by atoms with van der Waals surface area (Å²) in [5.41, 5.74) is 0.773. The Morgan fingerprint density at radius 1 is 1.17 bits per heavy atom. The number of nitrogens with zero attached hydrogens (tertiary/aromatic N) is 2. The van der Waals surface area contributed by atoms with E-state index in [0.29, 0.717) is 23.3 Å². The van der Waals surface area contributed by atoms with Crippen LogP contribution in [-0.4, -0.2) is 16.9 Å². The molecule has 0 amide bonds. The van der Waals surface area contributed by atoms with Crippen LogP contribution in [0.2, 0.25) is 10.2 Å². The van der Waals surface area contributed by atoms with E-state index in [0.717, 1.165) is 17.2 Å². The summed E-state index contributed by atoms with van der Waals surface area (Å²) in [5, 5.41) is 1.08. The Morgan fingerprint density at radius 2 is 1.94 bits per heavy atom. The first kappa shape index (κ1) is 13.4. The molecule has 0 fully saturated rings. The third-order valence-corrected chi connectivity index (χ3v) is 3.08. The van der Waals surface area contributed by atoms with Crippen LogP contribution in [-0.2, 0) is 13.1 Å². The molecule has 0 bridgehead atoms. The topological polar surface area (TPSA) is 29.3 Å². The minimum atomic E-state index is 0.455. The van der Waals surface area contributed by atoms with Crippen molar-refractivity contribution in [1.29, 1.82) is 0 Å². The predicted octanol–water partition coefficient (Wildman–Crippen LogP) is 3.92. The second-order valence-electron chi connectivity index (χ2n) is 4.25. The predicted molar refractivity (Wildman–Crippen MR) is 72.9 cm³/mol. The highest BCUT2D eigenvalue weighted by molar-refractivity contribution is 6.32. The maximum absolute atomic E-state index is 6.08. The highest BCUT2D eigenvalue weighted by Crippen LogP contribution is 2.19. The summed E-state index contributed by atoms with van der Waals surface area (Å²) in [7, 11) is 1.98. The minimum absolute atomic E-state index is 0.455. The molecule has 0 atom stereocenters. The fraction of sp³-hybridized carbons (Fsp3) is 0.308. The fourth-order valence-corrected chi connectivity index (χ4v) is 2.05. The molecule has 2 rings (SSSR count). The Labute approximate surface area is 116 Å². The molecule has 0 aliphatic carbocycles. The quantitative estimate of drug-likeness (QED) is 0.797. The van der Waals surface area contributed by atoms with E-state index >= 15 is 0 Å². The first-order chi connectivity index (χ1) is 8.54. The largest absolute Gasteiger partial charge is 0.465 e. The summed E-state index contributed by atoms with van der Waals surface area (Å²) >= 11 is 11.9. The highest BCUT2D eigenvalue weighted by atomic mass is 35.5. The van der Waals surface area contributed by atoms with E-state index in [1.807, 2.05) is 26.1 Å². The highest BCUT2D eigenvalue weighted by Gasteiger charge is 2.09. The van der Waals surface area contributed by atoms with Gasteiger partial charge in [0.15, 0.2) is 0 Å². The molecule has 0 saturated carbocycles. The van der Waals surface area contributed by atoms with Crippen LogP contribution in [0.4, 0.5) is 0 Å². The number of aromatic nitrogens is 1. The van der Waals surface area contributed by atoms with Crippen molar-refractivity contribution in [1.82, 2.24) is 9.88 Å². The molecule has 0 spiro atoms. The molecule has 18 heavy (non-hydrogen) atoms. The van der Waals surface area contributed by atoms with Gasteiger partial charge in [0.05, 0.1) is 17.3 Å². The van der Waals surface area contributed by atoms with Gasteiger partial charge in [0.2, 0.25) is 0 Å². The molecule has 96 valence electrons. The van der Waals surface area contributed by atoms with Crippen LogP contribution >= 0.6 is 23.2 Å². The van der Waals surface area contributed by atoms with Gasteiger partial charge in [-0.1, -0.05) is 23.2 Å². The number of furan rings is 1. The molecule has 0 N–H and O–H groups in total. The number of aryl methyl sites for hydroxylation is 1. The Bertz CT molecular complexity index is 540. The van der Waals surface area contributed by atoms with E-state index in [9.17, 15) is 0 Å². The second-order valence-corrected chi connectivity index (χ2v) is 5.04. The number of rotatable bonds is 4. The maximum atomic E-state index is 6.08. The third kappa shape index (κ3) is 3.48. The molecule has 0 radical (unpaired) electrons. The molecule has 2 aromatic rings. The van der Waals surface area contributed by atoms with Crippen molar-refractivity contribution in [3.05, 3.63) is 51.7 Å². The van der Waals surface area contributed by atoms with Gasteiger partial charge in [-0.05, 0) is 38.2 Å². The van der Waals surface area contributed by atoms with Gasteiger partial charge in [-0.15, -0.1) is 0 Å². The molecule has 5 heteroatoms. The van der Waals surface area contributed by atoms with Crippen molar-refractivity contribution in [2.75, 3.05) is 7.05 Å². The van der Waals surface area contributed by atoms with Crippen LogP contribution in [0.15, 0.2) is 28.7 Å². The normalized spacial score (nSPS) is 11.2. The van der Waals surface area contributed by atoms with Crippen molar-refractivity contribution >= 4 is 23.2 Å². The summed E-state index contributed by atoms with van der Waals surface area (Å²) < 4.78 is 5.52. The number of hydrogen-bond donors (Lipinski definition) is 0. The van der Waals surface area contributed by atoms with Crippen molar-refractivity contribution in [2.45, 2.75) is 20.0 Å². The summed E-state index contributed by atoms with van der Waals surface area (Å²) in [6.07, 6.45) is 0. The first-order valence-corrected chi connectivity index (χ1v) is 6.35. The molecular weight excluding hydrogens is 271 g/mol. The first-order valence-electron chi connectivity index (χ1n) is 5.59. The zero-order valence-electron chi connectivity index (χ0n) is 10.3. The lowest BCUT2D eigenvalue weighted by atomic mass is 10.3. The summed E-state index contributed by atoms with van der Waals surface area (Å²) in [6, 6.07) is 7.37. The summed E-state index contributed by atoms with van der Waals surface area (Å²) in [6.45, 7) is 3.26. The lowest BCUT2D eigenvalue weighted by molar-refractivity contribution is 0.282. The smallest absolute Gasteiger partial charge is 0.129 e. The van der Waals surface area contributed by atoms with Gasteiger partial charge in [-0.25, -0.2) is 4.98 Å². The van der Waals surface area contributed by atoms with Gasteiger partial charge in [0.1, 0.15) is 16.7 Å². The maximum Gasteiger partial charge on any atom is 0.129 e. The standard InChI is InChI=1S/C13H14Cl2N2O/c1-9-3-4-10(18-9)7-17(2)8-12-11(14)5-6-13(15)16-12/h3-6H,7-8H2,1-2H3. The lowest BCUT2D eigenvalue weighted by Gasteiger charge is -2.15. The average molecular weight is 285 g/mol. The zero-order valence-corrected chi connectivity index (χ0v) is 11.8. The van der Waals surface area contributed by atoms with Crippen LogP contribution < -0.4 is 0 Å². The molecule has 0 aliphatic heterocycles. The van der Waals surface area contributed by atoms with Crippen molar-refractivity contribution in [2.24, 2.45) is 0 Å². The Hall–Kier alpha value is -1.03. The number of halogens is 2. The van der Waals surface area contributed by atoms with E-state index in [1.54, 1.807) is 12.1 Å². The Kier molecular flexibility index (Phi) is 4.27. The van der Waals surface area contributed by atoms with E-state index in [-0.39, 0.29) is 0 Å². The molecule has 3 nitrogen and oxygen atoms in total. The van der Waals surface area contributed by atoms with Crippen molar-refractivity contribution in [3.63, 3.8) is 0 Å². The van der Waals surface area contributed by atoms with E-state index in [1.165, 1.54) is 0 Å². The Morgan fingerprint density at radius 3 is 2.61 bits per heavy atom. The molecule has 0 aliphatic rings. The SMILES string of the molecule is Cc1ccc(CN(C)Cc2nc(Cl)ccc2Cl)o1. The third-order valence-electron chi connectivity index (χ3n) is 2.53. The van der Waals surface area contributed by atoms with Crippen molar-refractivity contribution in [3.8, 4) is 0 Å². The average Bonchev–Trinajstić information content (AvgIpc) is 2.69. The second kappa shape index (κ2) is 5.74. The van der Waals surface area contributed by atoms with Crippen molar-refractivity contribution < 1.29 is 4.42 Å². The van der Waals surface area contributed by atoms with Gasteiger partial charge >= 0.3 is 0 Å². The molecule has 0 unspecified atom stereocenters. The van der Waals surface area contributed by atoms with Gasteiger partial charge in [-0.3, -0.25) is 4.90 Å². The summed E-state index contributed by atoms with van der Waals surface area (Å²) in [5.74, 6) is 1.84. The van der Waals surface area contributed by atoms with Gasteiger partial charge in [0.25, 0.3) is 0 Å². The van der Waals surface area contributed by atoms with Crippen LogP contribution in [0.5, 0.6) is 0 Å². The summed E-state index contributed by atoms with van der Waals surface area (Å²) in [4.78, 5) is 6.29. The van der Waals surface area contributed by atoms with Crippen LogP contribution in [0.1, 0.15) is 17.2 Å². The monoisotopic (exact) mass is 284 g/mol. The molecule has 0 aromatic carbocycles. The lowest BCUT2D eigenvalue weighted by Crippen LogP contribution is -2.18. The van der Waals surface area contributed by atoms with E-state index < -0.39 is 0 Å². The van der Waals surface area contributed by atoms with Gasteiger partial charge in [0, 0.05) is 6.54 Å². The van der Waals surface area contributed by atoms with Crippen LogP contribution in [0.3, 0.4) is 0 Å². The van der Waals surface area contributed by atoms with Gasteiger partial charge in [-0.2, -0.15) is 0 Å². The molecule has 2 aromatic heterocycles. The van der Waals surface area contributed by atoms with Crippen LogP contribution in [0, 0.1) is 6.92 Å². The molecule has 2 heterocycles. The van der Waals surface area contributed by atoms with Gasteiger partial charge < -0.3 is 4.42 Å². The zero-order chi connectivity index (χ0) is 13.1. The van der Waals surface area contributed by atoms with E-state index in [4.69, 9.17) is 27.6 Å². The molecule has 0 saturated heterocycles. The Balaban J connectivity index is 2.02. The minimum Gasteiger partial charge on any atom is -0.465 e. The van der Waals surface area contributed by atoms with E-state index in [2.05, 4.69) is 9.88 Å². The molecular formula is C13H14Cl2N2O. The van der Waals surface area contributed by atoms with Crippen LogP contribution in [0.25, 0.3) is 0 Å². The number of pyridine rings is 1.